The molecule has 1 rings (SSSR count). The molecule has 0 aliphatic heterocycles. The van der Waals surface area contributed by atoms with E-state index in [-0.39, 0.29) is 0 Å². The van der Waals surface area contributed by atoms with Crippen LogP contribution in [-0.2, 0) is 12.8 Å². The van der Waals surface area contributed by atoms with E-state index < -0.39 is 0 Å². The van der Waals surface area contributed by atoms with Gasteiger partial charge < -0.3 is 5.11 Å². The molecule has 0 saturated heterocycles. The highest BCUT2D eigenvalue weighted by atomic mass is 16.3. The molecule has 1 heteroatoms. The van der Waals surface area contributed by atoms with Crippen LogP contribution in [0.4, 0.5) is 0 Å². The molecule has 1 aromatic carbocycles. The Labute approximate surface area is 163 Å². The van der Waals surface area contributed by atoms with E-state index >= 15 is 0 Å². The maximum absolute atomic E-state index is 9.87. The van der Waals surface area contributed by atoms with Crippen LogP contribution < -0.4 is 0 Å². The molecule has 0 atom stereocenters. The number of phenols is 1. The molecule has 0 fully saturated rings. The van der Waals surface area contributed by atoms with Gasteiger partial charge in [0.1, 0.15) is 5.75 Å². The van der Waals surface area contributed by atoms with Crippen molar-refractivity contribution < 1.29 is 5.11 Å². The van der Waals surface area contributed by atoms with Crippen LogP contribution in [0.15, 0.2) is 18.2 Å². The second-order valence-corrected chi connectivity index (χ2v) is 10.5. The molecule has 0 saturated carbocycles. The molecule has 0 radical (unpaired) electrons. The molecule has 0 spiro atoms. The number of aromatic hydroxyl groups is 1. The predicted octanol–water partition coefficient (Wildman–Crippen LogP) is 8.08. The normalized spacial score (nSPS) is 12.5. The van der Waals surface area contributed by atoms with Crippen molar-refractivity contribution in [2.75, 3.05) is 0 Å². The summed E-state index contributed by atoms with van der Waals surface area (Å²) >= 11 is 0. The Morgan fingerprint density at radius 1 is 0.615 bits per heavy atom. The first-order chi connectivity index (χ1) is 12.1. The van der Waals surface area contributed by atoms with E-state index in [4.69, 9.17) is 0 Å². The highest BCUT2D eigenvalue weighted by Gasteiger charge is 2.10. The molecule has 1 aromatic rings. The van der Waals surface area contributed by atoms with Gasteiger partial charge in [0.05, 0.1) is 0 Å². The van der Waals surface area contributed by atoms with E-state index in [0.717, 1.165) is 12.8 Å². The fourth-order valence-electron chi connectivity index (χ4n) is 3.56. The van der Waals surface area contributed by atoms with Gasteiger partial charge in [-0.05, 0) is 72.6 Å². The summed E-state index contributed by atoms with van der Waals surface area (Å²) in [6, 6.07) is 6.00. The van der Waals surface area contributed by atoms with Crippen molar-refractivity contribution in [3.8, 4) is 5.75 Å². The minimum Gasteiger partial charge on any atom is -0.508 e. The largest absolute Gasteiger partial charge is 0.508 e. The number of hydrogen-bond acceptors (Lipinski definition) is 1. The first-order valence-electron chi connectivity index (χ1n) is 10.9. The van der Waals surface area contributed by atoms with Gasteiger partial charge in [-0.1, -0.05) is 79.7 Å². The molecular weight excluding hydrogens is 316 g/mol. The molecule has 1 N–H and O–H groups in total. The highest BCUT2D eigenvalue weighted by molar-refractivity contribution is 5.35. The summed E-state index contributed by atoms with van der Waals surface area (Å²) in [7, 11) is 0. The van der Waals surface area contributed by atoms with Gasteiger partial charge in [-0.25, -0.2) is 0 Å². The molecule has 0 aliphatic rings. The average molecular weight is 361 g/mol. The molecule has 0 amide bonds. The Bertz CT molecular complexity index is 502. The maximum Gasteiger partial charge on any atom is 0.115 e. The Kier molecular flexibility index (Phi) is 9.75. The molecular formula is C25H44O. The van der Waals surface area contributed by atoms with E-state index in [2.05, 4.69) is 47.6 Å². The van der Waals surface area contributed by atoms with Gasteiger partial charge in [0, 0.05) is 0 Å². The molecule has 0 unspecified atom stereocenters. The number of hydrogen-bond donors (Lipinski definition) is 1. The first-order valence-corrected chi connectivity index (χ1v) is 10.9. The highest BCUT2D eigenvalue weighted by Crippen LogP contribution is 2.25. The van der Waals surface area contributed by atoms with Crippen molar-refractivity contribution in [1.82, 2.24) is 0 Å². The molecule has 0 heterocycles. The standard InChI is InChI=1S/C25H44O/c1-24(2,3)18-12-8-7-10-15-22-20-23(26)17-16-21(22)14-11-9-13-19-25(4,5)6/h16-17,20,26H,7-15,18-19H2,1-6H3. The first kappa shape index (κ1) is 23.1. The van der Waals surface area contributed by atoms with Crippen LogP contribution in [0.2, 0.25) is 0 Å². The van der Waals surface area contributed by atoms with Gasteiger partial charge in [0.2, 0.25) is 0 Å². The third-order valence-corrected chi connectivity index (χ3v) is 5.19. The summed E-state index contributed by atoms with van der Waals surface area (Å²) in [5.41, 5.74) is 3.74. The fourth-order valence-corrected chi connectivity index (χ4v) is 3.56. The number of unbranched alkanes of at least 4 members (excludes halogenated alkanes) is 5. The summed E-state index contributed by atoms with van der Waals surface area (Å²) in [4.78, 5) is 0. The Hall–Kier alpha value is -0.980. The monoisotopic (exact) mass is 360 g/mol. The smallest absolute Gasteiger partial charge is 0.115 e. The topological polar surface area (TPSA) is 20.2 Å². The molecule has 26 heavy (non-hydrogen) atoms. The van der Waals surface area contributed by atoms with E-state index in [0.29, 0.717) is 16.6 Å². The second-order valence-electron chi connectivity index (χ2n) is 10.5. The zero-order valence-electron chi connectivity index (χ0n) is 18.5. The van der Waals surface area contributed by atoms with Crippen LogP contribution in [0.25, 0.3) is 0 Å². The van der Waals surface area contributed by atoms with Crippen LogP contribution in [0.1, 0.15) is 110 Å². The third kappa shape index (κ3) is 11.6. The van der Waals surface area contributed by atoms with Crippen molar-refractivity contribution in [3.63, 3.8) is 0 Å². The third-order valence-electron chi connectivity index (χ3n) is 5.19. The summed E-state index contributed by atoms with van der Waals surface area (Å²) in [6.07, 6.45) is 14.0. The maximum atomic E-state index is 9.87. The number of rotatable bonds is 11. The van der Waals surface area contributed by atoms with E-state index in [1.54, 1.807) is 0 Å². The Morgan fingerprint density at radius 3 is 1.62 bits per heavy atom. The van der Waals surface area contributed by atoms with Gasteiger partial charge >= 0.3 is 0 Å². The lowest BCUT2D eigenvalue weighted by Crippen LogP contribution is -2.04. The van der Waals surface area contributed by atoms with Crippen LogP contribution in [-0.4, -0.2) is 5.11 Å². The molecule has 150 valence electrons. The average Bonchev–Trinajstić information content (AvgIpc) is 2.50. The van der Waals surface area contributed by atoms with Crippen molar-refractivity contribution in [2.24, 2.45) is 10.8 Å². The van der Waals surface area contributed by atoms with Crippen molar-refractivity contribution in [3.05, 3.63) is 29.3 Å². The van der Waals surface area contributed by atoms with Crippen LogP contribution >= 0.6 is 0 Å². The van der Waals surface area contributed by atoms with E-state index in [9.17, 15) is 5.11 Å². The zero-order valence-corrected chi connectivity index (χ0v) is 18.5. The minimum atomic E-state index is 0.421. The van der Waals surface area contributed by atoms with Gasteiger partial charge in [0.15, 0.2) is 0 Å². The van der Waals surface area contributed by atoms with Gasteiger partial charge in [-0.15, -0.1) is 0 Å². The summed E-state index contributed by atoms with van der Waals surface area (Å²) < 4.78 is 0. The fraction of sp³-hybridized carbons (Fsp3) is 0.760. The Balaban J connectivity index is 2.34. The number of phenolic OH excluding ortho intramolecular Hbond substituents is 1. The summed E-state index contributed by atoms with van der Waals surface area (Å²) in [6.45, 7) is 14.0. The molecule has 0 aliphatic carbocycles. The number of aryl methyl sites for hydroxylation is 2. The van der Waals surface area contributed by atoms with Gasteiger partial charge in [-0.3, -0.25) is 0 Å². The Morgan fingerprint density at radius 2 is 1.08 bits per heavy atom. The van der Waals surface area contributed by atoms with Gasteiger partial charge in [0.25, 0.3) is 0 Å². The molecule has 0 bridgehead atoms. The second kappa shape index (κ2) is 11.0. The lowest BCUT2D eigenvalue weighted by molar-refractivity contribution is 0.357. The van der Waals surface area contributed by atoms with Crippen LogP contribution in [0.3, 0.4) is 0 Å². The van der Waals surface area contributed by atoms with E-state index in [1.165, 1.54) is 68.9 Å². The molecule has 1 nitrogen and oxygen atoms in total. The molecule has 0 aromatic heterocycles. The lowest BCUT2D eigenvalue weighted by atomic mass is 9.88. The minimum absolute atomic E-state index is 0.421. The summed E-state index contributed by atoms with van der Waals surface area (Å²) in [5, 5.41) is 9.87. The quantitative estimate of drug-likeness (QED) is 0.395. The SMILES string of the molecule is CC(C)(C)CCCCCCc1cc(O)ccc1CCCCCC(C)(C)C. The van der Waals surface area contributed by atoms with Crippen molar-refractivity contribution in [1.29, 1.82) is 0 Å². The number of benzene rings is 1. The van der Waals surface area contributed by atoms with Crippen LogP contribution in [0.5, 0.6) is 5.75 Å². The van der Waals surface area contributed by atoms with Crippen molar-refractivity contribution >= 4 is 0 Å². The lowest BCUT2D eigenvalue weighted by Gasteiger charge is -2.18. The zero-order chi connectivity index (χ0) is 19.6. The van der Waals surface area contributed by atoms with Gasteiger partial charge in [-0.2, -0.15) is 0 Å². The van der Waals surface area contributed by atoms with E-state index in [1.807, 2.05) is 12.1 Å². The summed E-state index contributed by atoms with van der Waals surface area (Å²) in [5.74, 6) is 0.421. The van der Waals surface area contributed by atoms with Crippen LogP contribution in [0, 0.1) is 10.8 Å². The predicted molar refractivity (Wildman–Crippen MR) is 116 cm³/mol. The van der Waals surface area contributed by atoms with Crippen molar-refractivity contribution in [2.45, 2.75) is 112 Å².